The second-order valence-electron chi connectivity index (χ2n) is 6.69. The van der Waals surface area contributed by atoms with E-state index in [4.69, 9.17) is 9.84 Å². The number of rotatable bonds is 4. The Labute approximate surface area is 154 Å². The van der Waals surface area contributed by atoms with Crippen LogP contribution < -0.4 is 10.1 Å². The first kappa shape index (κ1) is 16.7. The van der Waals surface area contributed by atoms with Gasteiger partial charge < -0.3 is 10.1 Å². The molecular formula is C22H25N3O. The smallest absolute Gasteiger partial charge is 0.145 e. The lowest BCUT2D eigenvalue weighted by molar-refractivity contribution is 0.338. The number of ether oxygens (including phenoxy) is 1. The fourth-order valence-corrected chi connectivity index (χ4v) is 3.64. The van der Waals surface area contributed by atoms with Gasteiger partial charge in [0.1, 0.15) is 17.3 Å². The Bertz CT molecular complexity index is 914. The number of aryl methyl sites for hydroxylation is 1. The molecule has 26 heavy (non-hydrogen) atoms. The molecule has 4 rings (SSSR count). The molecule has 0 spiro atoms. The van der Waals surface area contributed by atoms with Gasteiger partial charge in [-0.15, -0.1) is 0 Å². The lowest BCUT2D eigenvalue weighted by atomic mass is 10.00. The topological polar surface area (TPSA) is 39.1 Å². The molecule has 0 unspecified atom stereocenters. The maximum atomic E-state index is 5.86. The van der Waals surface area contributed by atoms with E-state index in [0.29, 0.717) is 6.61 Å². The fraction of sp³-hybridized carbons (Fsp3) is 0.318. The minimum Gasteiger partial charge on any atom is -0.492 e. The second-order valence-corrected chi connectivity index (χ2v) is 6.69. The van der Waals surface area contributed by atoms with Gasteiger partial charge >= 0.3 is 0 Å². The molecule has 1 aromatic heterocycles. The molecule has 0 saturated carbocycles. The maximum Gasteiger partial charge on any atom is 0.145 e. The van der Waals surface area contributed by atoms with Gasteiger partial charge in [-0.3, -0.25) is 0 Å². The van der Waals surface area contributed by atoms with E-state index in [-0.39, 0.29) is 0 Å². The third kappa shape index (κ3) is 2.96. The lowest BCUT2D eigenvalue weighted by Gasteiger charge is -2.13. The minimum atomic E-state index is 0.637. The summed E-state index contributed by atoms with van der Waals surface area (Å²) < 4.78 is 7.90. The van der Waals surface area contributed by atoms with Gasteiger partial charge in [-0.1, -0.05) is 36.4 Å². The molecule has 2 heterocycles. The number of nitrogens with one attached hydrogen (secondary N) is 1. The summed E-state index contributed by atoms with van der Waals surface area (Å²) >= 11 is 0. The molecule has 1 N–H and O–H groups in total. The van der Waals surface area contributed by atoms with Crippen LogP contribution in [0.1, 0.15) is 30.9 Å². The van der Waals surface area contributed by atoms with Crippen molar-refractivity contribution < 1.29 is 4.74 Å². The number of hydrogen-bond donors (Lipinski definition) is 1. The Balaban J connectivity index is 1.93. The SMILES string of the molecule is CCOc1ccccc1-n1nc(-c2ccccc2C)c2c1NCCCC2. The van der Waals surface area contributed by atoms with E-state index < -0.39 is 0 Å². The van der Waals surface area contributed by atoms with Gasteiger partial charge in [0.05, 0.1) is 12.3 Å². The Morgan fingerprint density at radius 1 is 1.08 bits per heavy atom. The highest BCUT2D eigenvalue weighted by atomic mass is 16.5. The van der Waals surface area contributed by atoms with Crippen molar-refractivity contribution in [1.82, 2.24) is 9.78 Å². The van der Waals surface area contributed by atoms with E-state index in [1.54, 1.807) is 0 Å². The van der Waals surface area contributed by atoms with Crippen LogP contribution >= 0.6 is 0 Å². The maximum absolute atomic E-state index is 5.86. The minimum absolute atomic E-state index is 0.637. The Morgan fingerprint density at radius 3 is 2.73 bits per heavy atom. The van der Waals surface area contributed by atoms with Crippen molar-refractivity contribution in [1.29, 1.82) is 0 Å². The fourth-order valence-electron chi connectivity index (χ4n) is 3.64. The third-order valence-electron chi connectivity index (χ3n) is 4.92. The zero-order valence-corrected chi connectivity index (χ0v) is 15.5. The van der Waals surface area contributed by atoms with Crippen LogP contribution in [0.3, 0.4) is 0 Å². The van der Waals surface area contributed by atoms with E-state index in [2.05, 4.69) is 42.6 Å². The Morgan fingerprint density at radius 2 is 1.88 bits per heavy atom. The molecule has 0 aliphatic carbocycles. The molecular weight excluding hydrogens is 322 g/mol. The summed E-state index contributed by atoms with van der Waals surface area (Å²) in [6.45, 7) is 5.78. The Kier molecular flexibility index (Phi) is 4.65. The van der Waals surface area contributed by atoms with E-state index in [9.17, 15) is 0 Å². The molecule has 1 aliphatic rings. The highest BCUT2D eigenvalue weighted by Gasteiger charge is 2.23. The molecule has 0 atom stereocenters. The predicted molar refractivity (Wildman–Crippen MR) is 106 cm³/mol. The molecule has 2 aromatic carbocycles. The molecule has 134 valence electrons. The molecule has 0 amide bonds. The summed E-state index contributed by atoms with van der Waals surface area (Å²) in [6.07, 6.45) is 3.40. The normalized spacial score (nSPS) is 13.6. The van der Waals surface area contributed by atoms with Gasteiger partial charge in [0, 0.05) is 17.7 Å². The van der Waals surface area contributed by atoms with E-state index >= 15 is 0 Å². The van der Waals surface area contributed by atoms with Gasteiger partial charge in [-0.05, 0) is 50.8 Å². The van der Waals surface area contributed by atoms with Crippen LogP contribution in [0, 0.1) is 6.92 Å². The number of benzene rings is 2. The summed E-state index contributed by atoms with van der Waals surface area (Å²) in [5.74, 6) is 1.97. The van der Waals surface area contributed by atoms with Gasteiger partial charge in [0.15, 0.2) is 0 Å². The number of anilines is 1. The summed E-state index contributed by atoms with van der Waals surface area (Å²) in [5.41, 5.74) is 5.84. The first-order valence-corrected chi connectivity index (χ1v) is 9.43. The molecule has 0 bridgehead atoms. The van der Waals surface area contributed by atoms with Gasteiger partial charge in [-0.2, -0.15) is 5.10 Å². The molecule has 3 aromatic rings. The van der Waals surface area contributed by atoms with E-state index in [1.165, 1.54) is 29.5 Å². The van der Waals surface area contributed by atoms with E-state index in [1.807, 2.05) is 29.8 Å². The van der Waals surface area contributed by atoms with Crippen LogP contribution in [-0.4, -0.2) is 22.9 Å². The average molecular weight is 347 g/mol. The van der Waals surface area contributed by atoms with Crippen molar-refractivity contribution in [3.63, 3.8) is 0 Å². The summed E-state index contributed by atoms with van der Waals surface area (Å²) in [6, 6.07) is 16.6. The van der Waals surface area contributed by atoms with Crippen LogP contribution in [0.4, 0.5) is 5.82 Å². The van der Waals surface area contributed by atoms with E-state index in [0.717, 1.165) is 35.9 Å². The molecule has 0 saturated heterocycles. The summed E-state index contributed by atoms with van der Waals surface area (Å²) in [7, 11) is 0. The zero-order chi connectivity index (χ0) is 17.9. The van der Waals surface area contributed by atoms with Crippen molar-refractivity contribution in [2.45, 2.75) is 33.1 Å². The highest BCUT2D eigenvalue weighted by molar-refractivity contribution is 5.74. The van der Waals surface area contributed by atoms with Crippen molar-refractivity contribution in [2.75, 3.05) is 18.5 Å². The van der Waals surface area contributed by atoms with Crippen LogP contribution in [0.5, 0.6) is 5.75 Å². The molecule has 0 radical (unpaired) electrons. The quantitative estimate of drug-likeness (QED) is 0.722. The highest BCUT2D eigenvalue weighted by Crippen LogP contribution is 2.37. The first-order valence-electron chi connectivity index (χ1n) is 9.43. The van der Waals surface area contributed by atoms with Crippen molar-refractivity contribution in [3.05, 3.63) is 59.7 Å². The molecule has 4 heteroatoms. The van der Waals surface area contributed by atoms with Crippen molar-refractivity contribution >= 4 is 5.82 Å². The number of aromatic nitrogens is 2. The predicted octanol–water partition coefficient (Wildman–Crippen LogP) is 4.99. The lowest BCUT2D eigenvalue weighted by Crippen LogP contribution is -2.08. The van der Waals surface area contributed by atoms with Crippen LogP contribution in [0.15, 0.2) is 48.5 Å². The summed E-state index contributed by atoms with van der Waals surface area (Å²) in [5, 5.41) is 8.67. The van der Waals surface area contributed by atoms with Gasteiger partial charge in [0.2, 0.25) is 0 Å². The molecule has 1 aliphatic heterocycles. The third-order valence-corrected chi connectivity index (χ3v) is 4.92. The number of hydrogen-bond acceptors (Lipinski definition) is 3. The Hall–Kier alpha value is -2.75. The van der Waals surface area contributed by atoms with Crippen LogP contribution in [0.2, 0.25) is 0 Å². The van der Waals surface area contributed by atoms with Crippen LogP contribution in [-0.2, 0) is 6.42 Å². The standard InChI is InChI=1S/C22H25N3O/c1-3-26-20-14-7-6-13-19(20)25-22-18(12-8-9-15-23-22)21(24-25)17-11-5-4-10-16(17)2/h4-7,10-11,13-14,23H,3,8-9,12,15H2,1-2H3. The second kappa shape index (κ2) is 7.24. The molecule has 0 fully saturated rings. The number of nitrogens with zero attached hydrogens (tertiary/aromatic N) is 2. The average Bonchev–Trinajstić information content (AvgIpc) is 2.84. The number of fused-ring (bicyclic) bond motifs is 1. The zero-order valence-electron chi connectivity index (χ0n) is 15.5. The van der Waals surface area contributed by atoms with Gasteiger partial charge in [0.25, 0.3) is 0 Å². The van der Waals surface area contributed by atoms with Gasteiger partial charge in [-0.25, -0.2) is 4.68 Å². The van der Waals surface area contributed by atoms with Crippen molar-refractivity contribution in [3.8, 4) is 22.7 Å². The largest absolute Gasteiger partial charge is 0.492 e. The first-order chi connectivity index (χ1) is 12.8. The monoisotopic (exact) mass is 347 g/mol. The van der Waals surface area contributed by atoms with Crippen molar-refractivity contribution in [2.24, 2.45) is 0 Å². The number of para-hydroxylation sites is 2. The summed E-state index contributed by atoms with van der Waals surface area (Å²) in [4.78, 5) is 0. The molecule has 4 nitrogen and oxygen atoms in total. The van der Waals surface area contributed by atoms with Crippen LogP contribution in [0.25, 0.3) is 16.9 Å².